The molecule has 0 bridgehead atoms. The summed E-state index contributed by atoms with van der Waals surface area (Å²) in [6, 6.07) is 0. The predicted octanol–water partition coefficient (Wildman–Crippen LogP) is 11.9. The number of unbranched alkanes of at least 4 members (excludes halogenated alkanes) is 30. The first-order chi connectivity index (χ1) is 22.9. The van der Waals surface area contributed by atoms with Gasteiger partial charge in [0.15, 0.2) is 0 Å². The van der Waals surface area contributed by atoms with Gasteiger partial charge in [0.2, 0.25) is 0 Å². The molecular formula is C42H85NO4. The highest BCUT2D eigenvalue weighted by Gasteiger charge is 2.32. The summed E-state index contributed by atoms with van der Waals surface area (Å²) >= 11 is 0. The first-order valence-electron chi connectivity index (χ1n) is 21.3. The van der Waals surface area contributed by atoms with Gasteiger partial charge >= 0.3 is 0 Å². The van der Waals surface area contributed by atoms with E-state index in [2.05, 4.69) is 13.8 Å². The standard InChI is InChI=1S/C42H85NO4/c1-3-5-7-9-11-13-15-17-18-19-20-21-22-24-25-27-29-31-33-35-38(44)37-40(46)41(42(43)47)39(45)36-34-32-30-28-26-23-16-14-12-10-8-6-4-2/h38-39,41-42,44-45,47H,3-37,43H2,1-2H3/t38-,39-,41-,42?/m1/s1. The van der Waals surface area contributed by atoms with E-state index in [1.807, 2.05) is 0 Å². The maximum Gasteiger partial charge on any atom is 0.145 e. The summed E-state index contributed by atoms with van der Waals surface area (Å²) < 4.78 is 0. The van der Waals surface area contributed by atoms with Gasteiger partial charge in [-0.1, -0.05) is 219 Å². The van der Waals surface area contributed by atoms with Crippen molar-refractivity contribution >= 4 is 5.78 Å². The van der Waals surface area contributed by atoms with Gasteiger partial charge in [0, 0.05) is 6.42 Å². The second kappa shape index (κ2) is 36.8. The van der Waals surface area contributed by atoms with E-state index in [-0.39, 0.29) is 12.2 Å². The summed E-state index contributed by atoms with van der Waals surface area (Å²) in [6.45, 7) is 4.54. The molecule has 5 N–H and O–H groups in total. The van der Waals surface area contributed by atoms with Crippen molar-refractivity contribution in [3.63, 3.8) is 0 Å². The molecule has 0 fully saturated rings. The maximum absolute atomic E-state index is 12.8. The summed E-state index contributed by atoms with van der Waals surface area (Å²) in [5.41, 5.74) is 5.70. The molecule has 5 heteroatoms. The van der Waals surface area contributed by atoms with Crippen LogP contribution in [0.2, 0.25) is 0 Å². The Bertz CT molecular complexity index is 628. The van der Waals surface area contributed by atoms with Crippen molar-refractivity contribution in [2.75, 3.05) is 0 Å². The van der Waals surface area contributed by atoms with E-state index >= 15 is 0 Å². The summed E-state index contributed by atoms with van der Waals surface area (Å²) in [5.74, 6) is -1.32. The fraction of sp³-hybridized carbons (Fsp3) is 0.976. The smallest absolute Gasteiger partial charge is 0.145 e. The Morgan fingerprint density at radius 2 is 0.681 bits per heavy atom. The molecular weight excluding hydrogens is 582 g/mol. The second-order valence-corrected chi connectivity index (χ2v) is 15.1. The van der Waals surface area contributed by atoms with E-state index in [4.69, 9.17) is 5.73 Å². The number of aliphatic hydroxyl groups is 3. The minimum absolute atomic E-state index is 0.0341. The summed E-state index contributed by atoms with van der Waals surface area (Å²) in [4.78, 5) is 12.8. The molecule has 0 aliphatic heterocycles. The number of rotatable bonds is 39. The van der Waals surface area contributed by atoms with Gasteiger partial charge in [0.05, 0.1) is 18.1 Å². The molecule has 0 saturated carbocycles. The molecule has 0 aromatic rings. The fourth-order valence-corrected chi connectivity index (χ4v) is 7.11. The van der Waals surface area contributed by atoms with Crippen molar-refractivity contribution in [1.29, 1.82) is 0 Å². The Labute approximate surface area is 294 Å². The minimum atomic E-state index is -1.39. The monoisotopic (exact) mass is 668 g/mol. The molecule has 0 heterocycles. The average molecular weight is 668 g/mol. The maximum atomic E-state index is 12.8. The molecule has 0 rings (SSSR count). The third kappa shape index (κ3) is 32.5. The van der Waals surface area contributed by atoms with E-state index in [1.54, 1.807) is 0 Å². The molecule has 0 spiro atoms. The Hall–Kier alpha value is -0.490. The van der Waals surface area contributed by atoms with Crippen molar-refractivity contribution in [2.45, 2.75) is 257 Å². The molecule has 282 valence electrons. The molecule has 0 aliphatic rings. The molecule has 0 radical (unpaired) electrons. The molecule has 0 aromatic heterocycles. The van der Waals surface area contributed by atoms with Crippen molar-refractivity contribution in [3.8, 4) is 0 Å². The molecule has 47 heavy (non-hydrogen) atoms. The van der Waals surface area contributed by atoms with Crippen LogP contribution in [0.15, 0.2) is 0 Å². The van der Waals surface area contributed by atoms with Crippen LogP contribution in [0.1, 0.15) is 239 Å². The number of nitrogens with two attached hydrogens (primary N) is 1. The lowest BCUT2D eigenvalue weighted by Gasteiger charge is -2.25. The van der Waals surface area contributed by atoms with Crippen LogP contribution in [0.25, 0.3) is 0 Å². The summed E-state index contributed by atoms with van der Waals surface area (Å²) in [6.07, 6.45) is 39.6. The van der Waals surface area contributed by atoms with Crippen LogP contribution in [0.5, 0.6) is 0 Å². The van der Waals surface area contributed by atoms with Gasteiger partial charge in [-0.3, -0.25) is 4.79 Å². The minimum Gasteiger partial charge on any atom is -0.393 e. The number of carbonyl (C=O) groups is 1. The number of ketones is 1. The highest BCUT2D eigenvalue weighted by atomic mass is 16.3. The van der Waals surface area contributed by atoms with Crippen molar-refractivity contribution in [2.24, 2.45) is 11.7 Å². The average Bonchev–Trinajstić information content (AvgIpc) is 3.04. The zero-order valence-electron chi connectivity index (χ0n) is 31.9. The van der Waals surface area contributed by atoms with Crippen LogP contribution >= 0.6 is 0 Å². The first kappa shape index (κ1) is 46.5. The van der Waals surface area contributed by atoms with Crippen molar-refractivity contribution in [3.05, 3.63) is 0 Å². The zero-order chi connectivity index (χ0) is 34.6. The van der Waals surface area contributed by atoms with E-state index in [1.165, 1.54) is 173 Å². The van der Waals surface area contributed by atoms with E-state index in [9.17, 15) is 20.1 Å². The molecule has 5 nitrogen and oxygen atoms in total. The Balaban J connectivity index is 3.70. The number of carbonyl (C=O) groups excluding carboxylic acids is 1. The number of hydrogen-bond donors (Lipinski definition) is 4. The third-order valence-corrected chi connectivity index (χ3v) is 10.3. The van der Waals surface area contributed by atoms with Gasteiger partial charge in [-0.15, -0.1) is 0 Å². The van der Waals surface area contributed by atoms with Crippen LogP contribution in [-0.2, 0) is 4.79 Å². The van der Waals surface area contributed by atoms with Crippen LogP contribution in [0.4, 0.5) is 0 Å². The lowest BCUT2D eigenvalue weighted by Crippen LogP contribution is -2.44. The molecule has 4 atom stereocenters. The first-order valence-corrected chi connectivity index (χ1v) is 21.3. The SMILES string of the molecule is CCCCCCCCCCCCCCCCCCCCC[C@@H](O)CC(=O)[C@H](C(N)O)[C@H](O)CCCCCCCCCCCCCCC. The fourth-order valence-electron chi connectivity index (χ4n) is 7.11. The lowest BCUT2D eigenvalue weighted by atomic mass is 9.88. The van der Waals surface area contributed by atoms with E-state index < -0.39 is 24.4 Å². The predicted molar refractivity (Wildman–Crippen MR) is 204 cm³/mol. The normalized spacial score (nSPS) is 14.3. The topological polar surface area (TPSA) is 104 Å². The van der Waals surface area contributed by atoms with Crippen LogP contribution in [0.3, 0.4) is 0 Å². The van der Waals surface area contributed by atoms with Gasteiger partial charge in [-0.05, 0) is 12.8 Å². The molecule has 1 unspecified atom stereocenters. The van der Waals surface area contributed by atoms with Gasteiger partial charge in [-0.2, -0.15) is 0 Å². The van der Waals surface area contributed by atoms with E-state index in [0.29, 0.717) is 12.8 Å². The van der Waals surface area contributed by atoms with Gasteiger partial charge < -0.3 is 21.1 Å². The second-order valence-electron chi connectivity index (χ2n) is 15.1. The highest BCUT2D eigenvalue weighted by Crippen LogP contribution is 2.21. The molecule has 0 saturated heterocycles. The molecule has 0 aliphatic carbocycles. The van der Waals surface area contributed by atoms with Crippen molar-refractivity contribution < 1.29 is 20.1 Å². The number of Topliss-reactive ketones (excluding diaryl/α,β-unsaturated/α-hetero) is 1. The Morgan fingerprint density at radius 1 is 0.426 bits per heavy atom. The zero-order valence-corrected chi connectivity index (χ0v) is 31.9. The van der Waals surface area contributed by atoms with Gasteiger partial charge in [-0.25, -0.2) is 0 Å². The summed E-state index contributed by atoms with van der Waals surface area (Å²) in [7, 11) is 0. The number of hydrogen-bond acceptors (Lipinski definition) is 5. The highest BCUT2D eigenvalue weighted by molar-refractivity contribution is 5.82. The summed E-state index contributed by atoms with van der Waals surface area (Å²) in [5, 5.41) is 31.1. The molecule has 0 amide bonds. The van der Waals surface area contributed by atoms with Crippen LogP contribution in [0, 0.1) is 5.92 Å². The van der Waals surface area contributed by atoms with Crippen LogP contribution in [-0.4, -0.2) is 39.5 Å². The van der Waals surface area contributed by atoms with Crippen LogP contribution < -0.4 is 5.73 Å². The number of aliphatic hydroxyl groups excluding tert-OH is 3. The Morgan fingerprint density at radius 3 is 0.957 bits per heavy atom. The lowest BCUT2D eigenvalue weighted by molar-refractivity contribution is -0.133. The van der Waals surface area contributed by atoms with E-state index in [0.717, 1.165) is 32.1 Å². The third-order valence-electron chi connectivity index (χ3n) is 10.3. The Kier molecular flexibility index (Phi) is 36.4. The molecule has 0 aromatic carbocycles. The van der Waals surface area contributed by atoms with Gasteiger partial charge in [0.1, 0.15) is 12.0 Å². The quantitative estimate of drug-likeness (QED) is 0.0386. The van der Waals surface area contributed by atoms with Gasteiger partial charge in [0.25, 0.3) is 0 Å². The largest absolute Gasteiger partial charge is 0.393 e. The van der Waals surface area contributed by atoms with Crippen molar-refractivity contribution in [1.82, 2.24) is 0 Å².